The molecule has 1 aliphatic rings. The molecule has 0 aliphatic carbocycles. The van der Waals surface area contributed by atoms with E-state index in [0.29, 0.717) is 17.6 Å². The van der Waals surface area contributed by atoms with Gasteiger partial charge < -0.3 is 4.90 Å². The van der Waals surface area contributed by atoms with E-state index in [-0.39, 0.29) is 28.3 Å². The van der Waals surface area contributed by atoms with Gasteiger partial charge >= 0.3 is 6.18 Å². The second-order valence-electron chi connectivity index (χ2n) is 6.43. The molecule has 0 amide bonds. The number of nitrogens with zero attached hydrogens (tertiary/aromatic N) is 2. The predicted molar refractivity (Wildman–Crippen MR) is 91.8 cm³/mol. The number of rotatable bonds is 3. The molecule has 136 valence electrons. The third kappa shape index (κ3) is 3.55. The maximum atomic E-state index is 13.3. The molecule has 0 saturated carbocycles. The summed E-state index contributed by atoms with van der Waals surface area (Å²) in [5, 5.41) is 0.328. The number of hydrogen-bond acceptors (Lipinski definition) is 4. The molecule has 1 aromatic carbocycles. The molecule has 2 heterocycles. The van der Waals surface area contributed by atoms with E-state index >= 15 is 0 Å². The molecule has 0 radical (unpaired) electrons. The maximum absolute atomic E-state index is 13.3. The van der Waals surface area contributed by atoms with Crippen molar-refractivity contribution in [3.05, 3.63) is 35.1 Å². The van der Waals surface area contributed by atoms with Crippen molar-refractivity contribution in [3.8, 4) is 0 Å². The predicted octanol–water partition coefficient (Wildman–Crippen LogP) is 3.78. The Bertz CT molecular complexity index is 931. The quantitative estimate of drug-likeness (QED) is 0.746. The van der Waals surface area contributed by atoms with E-state index < -0.39 is 21.6 Å². The molecule has 1 fully saturated rings. The summed E-state index contributed by atoms with van der Waals surface area (Å²) in [4.78, 5) is 5.81. The van der Waals surface area contributed by atoms with Crippen LogP contribution in [-0.2, 0) is 16.0 Å². The average Bonchev–Trinajstić information content (AvgIpc) is 2.47. The van der Waals surface area contributed by atoms with Gasteiger partial charge in [0.15, 0.2) is 0 Å². The summed E-state index contributed by atoms with van der Waals surface area (Å²) in [5.74, 6) is 0.0143. The van der Waals surface area contributed by atoms with Gasteiger partial charge in [-0.2, -0.15) is 13.2 Å². The molecule has 0 unspecified atom stereocenters. The fraction of sp³-hybridized carbons (Fsp3) is 0.438. The Labute approximate surface area is 148 Å². The molecule has 25 heavy (non-hydrogen) atoms. The van der Waals surface area contributed by atoms with Gasteiger partial charge in [-0.05, 0) is 25.1 Å². The lowest BCUT2D eigenvalue weighted by Gasteiger charge is -2.48. The van der Waals surface area contributed by atoms with E-state index in [0.717, 1.165) is 6.07 Å². The van der Waals surface area contributed by atoms with Crippen LogP contribution in [0.3, 0.4) is 0 Å². The van der Waals surface area contributed by atoms with Crippen LogP contribution in [0.2, 0.25) is 5.15 Å². The van der Waals surface area contributed by atoms with Crippen LogP contribution in [0.1, 0.15) is 12.5 Å². The molecule has 1 saturated heterocycles. The second-order valence-corrected chi connectivity index (χ2v) is 9.00. The maximum Gasteiger partial charge on any atom is 0.417 e. The lowest BCUT2D eigenvalue weighted by atomic mass is 9.89. The number of hydrogen-bond donors (Lipinski definition) is 0. The second kappa shape index (κ2) is 6.02. The van der Waals surface area contributed by atoms with Crippen molar-refractivity contribution < 1.29 is 21.6 Å². The minimum atomic E-state index is -4.50. The molecule has 0 spiro atoms. The molecule has 3 rings (SSSR count). The largest absolute Gasteiger partial charge is 0.417 e. The number of sulfone groups is 1. The Balaban J connectivity index is 2.02. The average molecular weight is 393 g/mol. The lowest BCUT2D eigenvalue weighted by molar-refractivity contribution is -0.136. The molecule has 0 bridgehead atoms. The van der Waals surface area contributed by atoms with Gasteiger partial charge in [0.05, 0.1) is 11.3 Å². The van der Waals surface area contributed by atoms with Crippen molar-refractivity contribution in [1.29, 1.82) is 0 Å². The Kier molecular flexibility index (Phi) is 4.39. The molecule has 1 aromatic heterocycles. The van der Waals surface area contributed by atoms with E-state index in [1.807, 2.05) is 11.8 Å². The van der Waals surface area contributed by atoms with Gasteiger partial charge in [-0.25, -0.2) is 13.4 Å². The molecule has 4 nitrogen and oxygen atoms in total. The van der Waals surface area contributed by atoms with Crippen molar-refractivity contribution in [2.24, 2.45) is 5.92 Å². The van der Waals surface area contributed by atoms with Crippen LogP contribution in [0.15, 0.2) is 24.4 Å². The SMILES string of the molecule is C[C@@H]1[C@@H](CS(C)(=O)=O)CN1c1ccc(C(F)(F)F)c2cc(Cl)ncc12. The summed E-state index contributed by atoms with van der Waals surface area (Å²) in [6, 6.07) is 3.56. The van der Waals surface area contributed by atoms with Crippen molar-refractivity contribution in [1.82, 2.24) is 4.98 Å². The standard InChI is InChI=1S/C16H16ClF3N2O2S/c1-9-10(8-25(2,23)24)7-22(9)14-4-3-13(16(18,19)20)11-5-15(17)21-6-12(11)14/h3-6,9-10H,7-8H2,1-2H3/t9-,10-/m1/s1. The number of fused-ring (bicyclic) bond motifs is 1. The molecular weight excluding hydrogens is 377 g/mol. The van der Waals surface area contributed by atoms with Crippen LogP contribution >= 0.6 is 11.6 Å². The van der Waals surface area contributed by atoms with Crippen molar-refractivity contribution in [3.63, 3.8) is 0 Å². The van der Waals surface area contributed by atoms with Gasteiger partial charge in [0.25, 0.3) is 0 Å². The normalized spacial score (nSPS) is 21.4. The highest BCUT2D eigenvalue weighted by Gasteiger charge is 2.39. The summed E-state index contributed by atoms with van der Waals surface area (Å²) in [7, 11) is -3.10. The number of benzene rings is 1. The summed E-state index contributed by atoms with van der Waals surface area (Å²) < 4.78 is 62.7. The third-order valence-electron chi connectivity index (χ3n) is 4.58. The van der Waals surface area contributed by atoms with E-state index in [1.54, 1.807) is 0 Å². The highest BCUT2D eigenvalue weighted by molar-refractivity contribution is 7.90. The smallest absolute Gasteiger partial charge is 0.368 e. The Morgan fingerprint density at radius 1 is 1.32 bits per heavy atom. The first-order valence-electron chi connectivity index (χ1n) is 7.57. The van der Waals surface area contributed by atoms with Gasteiger partial charge in [0.2, 0.25) is 0 Å². The van der Waals surface area contributed by atoms with Gasteiger partial charge in [0.1, 0.15) is 15.0 Å². The zero-order chi connectivity index (χ0) is 18.6. The third-order valence-corrected chi connectivity index (χ3v) is 5.82. The van der Waals surface area contributed by atoms with Gasteiger partial charge in [-0.3, -0.25) is 0 Å². The van der Waals surface area contributed by atoms with Crippen molar-refractivity contribution >= 4 is 37.9 Å². The summed E-state index contributed by atoms with van der Waals surface area (Å²) in [5.41, 5.74) is -0.166. The molecule has 2 atom stereocenters. The highest BCUT2D eigenvalue weighted by atomic mass is 35.5. The Hall–Kier alpha value is -1.54. The van der Waals surface area contributed by atoms with Crippen LogP contribution < -0.4 is 4.90 Å². The van der Waals surface area contributed by atoms with Gasteiger partial charge in [-0.15, -0.1) is 0 Å². The fourth-order valence-corrected chi connectivity index (χ4v) is 4.60. The number of halogens is 4. The summed E-state index contributed by atoms with van der Waals surface area (Å²) >= 11 is 5.79. The van der Waals surface area contributed by atoms with E-state index in [4.69, 9.17) is 11.6 Å². The van der Waals surface area contributed by atoms with Crippen molar-refractivity contribution in [2.75, 3.05) is 23.5 Å². The first-order chi connectivity index (χ1) is 11.5. The van der Waals surface area contributed by atoms with Gasteiger partial charge in [-0.1, -0.05) is 11.6 Å². The Morgan fingerprint density at radius 3 is 2.56 bits per heavy atom. The molecule has 2 aromatic rings. The van der Waals surface area contributed by atoms with E-state index in [9.17, 15) is 21.6 Å². The number of alkyl halides is 3. The van der Waals surface area contributed by atoms with Gasteiger partial charge in [0, 0.05) is 47.4 Å². The van der Waals surface area contributed by atoms with Crippen LogP contribution in [0.5, 0.6) is 0 Å². The fourth-order valence-electron chi connectivity index (χ4n) is 3.28. The summed E-state index contributed by atoms with van der Waals surface area (Å²) in [6.45, 7) is 2.34. The van der Waals surface area contributed by atoms with E-state index in [1.165, 1.54) is 24.6 Å². The molecule has 1 aliphatic heterocycles. The van der Waals surface area contributed by atoms with E-state index in [2.05, 4.69) is 4.98 Å². The monoisotopic (exact) mass is 392 g/mol. The molecule has 9 heteroatoms. The first-order valence-corrected chi connectivity index (χ1v) is 10.0. The van der Waals surface area contributed by atoms with Crippen LogP contribution in [0, 0.1) is 5.92 Å². The first kappa shape index (κ1) is 18.3. The van der Waals surface area contributed by atoms with Crippen LogP contribution in [0.25, 0.3) is 10.8 Å². The molecular formula is C16H16ClF3N2O2S. The minimum absolute atomic E-state index is 0.0104. The lowest BCUT2D eigenvalue weighted by Crippen LogP contribution is -2.57. The molecule has 0 N–H and O–H groups in total. The highest BCUT2D eigenvalue weighted by Crippen LogP contribution is 2.42. The number of anilines is 1. The zero-order valence-electron chi connectivity index (χ0n) is 13.5. The number of aromatic nitrogens is 1. The zero-order valence-corrected chi connectivity index (χ0v) is 15.1. The van der Waals surface area contributed by atoms with Crippen LogP contribution in [0.4, 0.5) is 18.9 Å². The Morgan fingerprint density at radius 2 is 2.00 bits per heavy atom. The van der Waals surface area contributed by atoms with Crippen LogP contribution in [-0.4, -0.2) is 38.0 Å². The minimum Gasteiger partial charge on any atom is -0.368 e. The summed E-state index contributed by atoms with van der Waals surface area (Å²) in [6.07, 6.45) is -1.98. The number of pyridine rings is 1. The topological polar surface area (TPSA) is 50.3 Å². The van der Waals surface area contributed by atoms with Crippen molar-refractivity contribution in [2.45, 2.75) is 19.1 Å².